The molecule has 0 saturated heterocycles. The summed E-state index contributed by atoms with van der Waals surface area (Å²) in [6, 6.07) is 10.1. The van der Waals surface area contributed by atoms with E-state index in [2.05, 4.69) is 10.1 Å². The highest BCUT2D eigenvalue weighted by atomic mass is 32.2. The van der Waals surface area contributed by atoms with Crippen molar-refractivity contribution in [1.82, 2.24) is 0 Å². The van der Waals surface area contributed by atoms with E-state index in [4.69, 9.17) is 5.14 Å². The summed E-state index contributed by atoms with van der Waals surface area (Å²) < 4.78 is 91.6. The number of anilines is 1. The maximum atomic E-state index is 13.2. The highest BCUT2D eigenvalue weighted by molar-refractivity contribution is 7.99. The number of sulfone groups is 1. The molecule has 32 heavy (non-hydrogen) atoms. The summed E-state index contributed by atoms with van der Waals surface area (Å²) in [5, 5.41) is 7.54. The van der Waals surface area contributed by atoms with Crippen LogP contribution in [0.25, 0.3) is 0 Å². The van der Waals surface area contributed by atoms with Crippen LogP contribution in [0.2, 0.25) is 0 Å². The third-order valence-corrected chi connectivity index (χ3v) is 7.68. The van der Waals surface area contributed by atoms with Crippen molar-refractivity contribution in [3.63, 3.8) is 0 Å². The average Bonchev–Trinajstić information content (AvgIpc) is 2.71. The van der Waals surface area contributed by atoms with Crippen molar-refractivity contribution in [3.8, 4) is 0 Å². The zero-order valence-electron chi connectivity index (χ0n) is 16.5. The number of sulfonamides is 1. The molecule has 1 atom stereocenters. The number of carbonyl (C=O) groups excluding carboxylic acids is 1. The minimum atomic E-state index is -5.94. The van der Waals surface area contributed by atoms with Crippen molar-refractivity contribution in [2.45, 2.75) is 32.7 Å². The maximum absolute atomic E-state index is 13.2. The molecule has 0 aliphatic rings. The highest BCUT2D eigenvalue weighted by Crippen LogP contribution is 2.36. The van der Waals surface area contributed by atoms with Gasteiger partial charge in [-0.3, -0.25) is 4.79 Å². The van der Waals surface area contributed by atoms with E-state index in [-0.39, 0.29) is 12.2 Å². The number of thioether (sulfide) groups is 1. The van der Waals surface area contributed by atoms with Crippen molar-refractivity contribution >= 4 is 43.3 Å². The van der Waals surface area contributed by atoms with Crippen LogP contribution in [0, 0.1) is 0 Å². The molecule has 3 N–H and O–H groups in total. The molecule has 0 aliphatic carbocycles. The SMILES string of the molecule is COC(=O)C[C@H](CSc1ccccc1)Nc1ccc(S(N)(=O)=O)cc1S(=O)(=O)C(F)(F)F. The summed E-state index contributed by atoms with van der Waals surface area (Å²) in [5.41, 5.74) is -6.23. The van der Waals surface area contributed by atoms with Crippen molar-refractivity contribution in [1.29, 1.82) is 0 Å². The molecular weight excluding hydrogens is 493 g/mol. The lowest BCUT2D eigenvalue weighted by molar-refractivity contribution is -0.140. The first kappa shape index (κ1) is 26.0. The Morgan fingerprint density at radius 1 is 1.12 bits per heavy atom. The Bertz CT molecular complexity index is 1170. The number of nitrogens with two attached hydrogens (primary N) is 1. The van der Waals surface area contributed by atoms with Crippen molar-refractivity contribution in [2.75, 3.05) is 18.2 Å². The summed E-state index contributed by atoms with van der Waals surface area (Å²) in [7, 11) is -9.30. The third-order valence-electron chi connectivity index (χ3n) is 4.07. The molecule has 0 spiro atoms. The normalized spacial score (nSPS) is 13.4. The van der Waals surface area contributed by atoms with Gasteiger partial charge in [0.15, 0.2) is 0 Å². The molecule has 176 valence electrons. The Morgan fingerprint density at radius 2 is 1.75 bits per heavy atom. The summed E-state index contributed by atoms with van der Waals surface area (Å²) in [6.07, 6.45) is -0.293. The van der Waals surface area contributed by atoms with Gasteiger partial charge in [-0.2, -0.15) is 13.2 Å². The molecule has 2 rings (SSSR count). The fourth-order valence-electron chi connectivity index (χ4n) is 2.52. The molecule has 0 aliphatic heterocycles. The first-order valence-electron chi connectivity index (χ1n) is 8.75. The topological polar surface area (TPSA) is 133 Å². The van der Waals surface area contributed by atoms with E-state index in [0.29, 0.717) is 6.07 Å². The van der Waals surface area contributed by atoms with Crippen molar-refractivity contribution in [2.24, 2.45) is 5.14 Å². The van der Waals surface area contributed by atoms with E-state index in [1.54, 1.807) is 30.3 Å². The average molecular weight is 513 g/mol. The van der Waals surface area contributed by atoms with Crippen LogP contribution in [-0.4, -0.2) is 47.2 Å². The number of hydrogen-bond donors (Lipinski definition) is 2. The lowest BCUT2D eigenvalue weighted by Gasteiger charge is -2.21. The van der Waals surface area contributed by atoms with Gasteiger partial charge in [0, 0.05) is 16.7 Å². The highest BCUT2D eigenvalue weighted by Gasteiger charge is 2.48. The van der Waals surface area contributed by atoms with E-state index in [9.17, 15) is 34.8 Å². The number of ether oxygens (including phenoxy) is 1. The van der Waals surface area contributed by atoms with Gasteiger partial charge in [0.2, 0.25) is 10.0 Å². The molecule has 0 aromatic heterocycles. The van der Waals surface area contributed by atoms with Gasteiger partial charge in [-0.15, -0.1) is 11.8 Å². The number of benzene rings is 2. The lowest BCUT2D eigenvalue weighted by atomic mass is 10.2. The molecule has 0 radical (unpaired) electrons. The van der Waals surface area contributed by atoms with Crippen LogP contribution in [0.5, 0.6) is 0 Å². The van der Waals surface area contributed by atoms with Crippen LogP contribution < -0.4 is 10.5 Å². The fourth-order valence-corrected chi connectivity index (χ4v) is 5.02. The fraction of sp³-hybridized carbons (Fsp3) is 0.278. The van der Waals surface area contributed by atoms with Crippen molar-refractivity contribution < 1.29 is 39.5 Å². The minimum Gasteiger partial charge on any atom is -0.469 e. The van der Waals surface area contributed by atoms with Crippen LogP contribution in [-0.2, 0) is 29.4 Å². The van der Waals surface area contributed by atoms with Gasteiger partial charge >= 0.3 is 11.5 Å². The Balaban J connectivity index is 2.47. The number of nitrogens with one attached hydrogen (secondary N) is 1. The van der Waals surface area contributed by atoms with Crippen LogP contribution in [0.15, 0.2) is 63.2 Å². The van der Waals surface area contributed by atoms with E-state index in [0.717, 1.165) is 24.1 Å². The zero-order valence-corrected chi connectivity index (χ0v) is 18.9. The van der Waals surface area contributed by atoms with Crippen LogP contribution >= 0.6 is 11.8 Å². The summed E-state index contributed by atoms with van der Waals surface area (Å²) in [6.45, 7) is 0. The Kier molecular flexibility index (Phi) is 8.20. The number of halogens is 3. The van der Waals surface area contributed by atoms with Crippen LogP contribution in [0.3, 0.4) is 0 Å². The minimum absolute atomic E-state index is 0.154. The van der Waals surface area contributed by atoms with E-state index < -0.39 is 52.9 Å². The number of alkyl halides is 3. The molecule has 0 saturated carbocycles. The molecule has 0 unspecified atom stereocenters. The smallest absolute Gasteiger partial charge is 0.469 e. The van der Waals surface area contributed by atoms with Gasteiger partial charge in [-0.1, -0.05) is 18.2 Å². The number of rotatable bonds is 9. The molecule has 2 aromatic carbocycles. The molecule has 0 amide bonds. The maximum Gasteiger partial charge on any atom is 0.501 e. The molecular formula is C18H19F3N2O6S3. The lowest BCUT2D eigenvalue weighted by Crippen LogP contribution is -2.29. The summed E-state index contributed by atoms with van der Waals surface area (Å²) >= 11 is 1.27. The van der Waals surface area contributed by atoms with Gasteiger partial charge in [0.05, 0.1) is 24.1 Å². The predicted molar refractivity (Wildman–Crippen MR) is 112 cm³/mol. The monoisotopic (exact) mass is 512 g/mol. The standard InChI is InChI=1S/C18H19F3N2O6S3/c1-29-17(24)9-12(11-30-13-5-3-2-4-6-13)23-15-8-7-14(32(22,27)28)10-16(15)31(25,26)18(19,20)21/h2-8,10,12,23H,9,11H2,1H3,(H2,22,27,28)/t12-/m1/s1. The Labute approximate surface area is 187 Å². The number of carbonyl (C=O) groups is 1. The molecule has 14 heteroatoms. The van der Waals surface area contributed by atoms with E-state index >= 15 is 0 Å². The van der Waals surface area contributed by atoms with Crippen molar-refractivity contribution in [3.05, 3.63) is 48.5 Å². The van der Waals surface area contributed by atoms with E-state index in [1.165, 1.54) is 11.8 Å². The number of esters is 1. The zero-order chi connectivity index (χ0) is 24.2. The quantitative estimate of drug-likeness (QED) is 0.387. The predicted octanol–water partition coefficient (Wildman–Crippen LogP) is 2.76. The van der Waals surface area contributed by atoms with Gasteiger partial charge < -0.3 is 10.1 Å². The molecule has 0 heterocycles. The molecule has 2 aromatic rings. The molecule has 8 nitrogen and oxygen atoms in total. The summed E-state index contributed by atoms with van der Waals surface area (Å²) in [5.74, 6) is -0.529. The Morgan fingerprint density at radius 3 is 2.28 bits per heavy atom. The van der Waals surface area contributed by atoms with Crippen LogP contribution in [0.4, 0.5) is 18.9 Å². The first-order valence-corrected chi connectivity index (χ1v) is 12.8. The van der Waals surface area contributed by atoms with Gasteiger partial charge in [-0.05, 0) is 30.3 Å². The van der Waals surface area contributed by atoms with E-state index in [1.807, 2.05) is 0 Å². The van der Waals surface area contributed by atoms with Crippen LogP contribution in [0.1, 0.15) is 6.42 Å². The molecule has 0 fully saturated rings. The largest absolute Gasteiger partial charge is 0.501 e. The molecule has 0 bridgehead atoms. The van der Waals surface area contributed by atoms with Gasteiger partial charge in [0.25, 0.3) is 9.84 Å². The second-order valence-corrected chi connectivity index (χ2v) is 11.0. The number of primary sulfonamides is 1. The second-order valence-electron chi connectivity index (χ2n) is 6.40. The first-order chi connectivity index (χ1) is 14.8. The van der Waals surface area contributed by atoms with Gasteiger partial charge in [0.1, 0.15) is 4.90 Å². The second kappa shape index (κ2) is 10.1. The Hall–Kier alpha value is -2.29. The number of methoxy groups -OCH3 is 1. The summed E-state index contributed by atoms with van der Waals surface area (Å²) in [4.78, 5) is 10.5. The van der Waals surface area contributed by atoms with Gasteiger partial charge in [-0.25, -0.2) is 22.0 Å². The number of hydrogen-bond acceptors (Lipinski definition) is 8. The third kappa shape index (κ3) is 6.60.